The zero-order chi connectivity index (χ0) is 15.1. The van der Waals surface area contributed by atoms with Crippen LogP contribution >= 0.6 is 0 Å². The molecule has 0 aliphatic carbocycles. The van der Waals surface area contributed by atoms with E-state index in [4.69, 9.17) is 5.11 Å². The minimum atomic E-state index is -4.68. The number of aliphatic hydroxyl groups excluding tert-OH is 1. The van der Waals surface area contributed by atoms with E-state index in [1.165, 1.54) is 0 Å². The van der Waals surface area contributed by atoms with E-state index in [0.717, 1.165) is 18.2 Å². The van der Waals surface area contributed by atoms with E-state index < -0.39 is 51.2 Å². The molecule has 110 valence electrons. The summed E-state index contributed by atoms with van der Waals surface area (Å²) in [6.07, 6.45) is -1.52. The molecule has 0 amide bonds. The van der Waals surface area contributed by atoms with Gasteiger partial charge in [0.15, 0.2) is 4.90 Å². The van der Waals surface area contributed by atoms with Gasteiger partial charge in [-0.1, -0.05) is 6.07 Å². The summed E-state index contributed by atoms with van der Waals surface area (Å²) in [6, 6.07) is 0.974. The lowest BCUT2D eigenvalue weighted by Gasteiger charge is -2.21. The summed E-state index contributed by atoms with van der Waals surface area (Å²) in [4.78, 5) is 9.79. The smallest absolute Gasteiger partial charge is 0.322 e. The largest absolute Gasteiger partial charge is 0.480 e. The van der Waals surface area contributed by atoms with Crippen molar-refractivity contribution in [1.82, 2.24) is 4.31 Å². The summed E-state index contributed by atoms with van der Waals surface area (Å²) in [5, 5.41) is 18.4. The third-order valence-electron chi connectivity index (χ3n) is 3.00. The van der Waals surface area contributed by atoms with Crippen LogP contribution in [-0.4, -0.2) is 47.6 Å². The maximum atomic E-state index is 13.6. The monoisotopic (exact) mass is 307 g/mol. The molecular weight excluding hydrogens is 296 g/mol. The summed E-state index contributed by atoms with van der Waals surface area (Å²) in [7, 11) is -4.68. The molecule has 0 saturated carbocycles. The van der Waals surface area contributed by atoms with Gasteiger partial charge in [-0.3, -0.25) is 4.79 Å². The number of sulfonamides is 1. The van der Waals surface area contributed by atoms with Crippen LogP contribution in [0.15, 0.2) is 23.1 Å². The summed E-state index contributed by atoms with van der Waals surface area (Å²) < 4.78 is 52.0. The Balaban J connectivity index is 2.52. The van der Waals surface area contributed by atoms with Gasteiger partial charge >= 0.3 is 5.97 Å². The molecule has 1 aromatic carbocycles. The number of halogens is 2. The summed E-state index contributed by atoms with van der Waals surface area (Å²) >= 11 is 0. The SMILES string of the molecule is O=C(O)C1CC(O)CN1S(=O)(=O)c1c(F)cccc1F. The normalized spacial score (nSPS) is 23.9. The van der Waals surface area contributed by atoms with Crippen LogP contribution in [0.25, 0.3) is 0 Å². The van der Waals surface area contributed by atoms with Crippen molar-refractivity contribution in [1.29, 1.82) is 0 Å². The molecule has 0 spiro atoms. The van der Waals surface area contributed by atoms with Gasteiger partial charge in [0.1, 0.15) is 17.7 Å². The number of hydrogen-bond donors (Lipinski definition) is 2. The quantitative estimate of drug-likeness (QED) is 0.830. The summed E-state index contributed by atoms with van der Waals surface area (Å²) in [5.41, 5.74) is 0. The highest BCUT2D eigenvalue weighted by Crippen LogP contribution is 2.29. The lowest BCUT2D eigenvalue weighted by atomic mass is 10.2. The van der Waals surface area contributed by atoms with E-state index in [-0.39, 0.29) is 6.42 Å². The number of hydrogen-bond acceptors (Lipinski definition) is 4. The van der Waals surface area contributed by atoms with Crippen LogP contribution in [-0.2, 0) is 14.8 Å². The molecule has 0 radical (unpaired) electrons. The fourth-order valence-corrected chi connectivity index (χ4v) is 3.86. The van der Waals surface area contributed by atoms with Crippen molar-refractivity contribution in [2.75, 3.05) is 6.54 Å². The molecule has 2 unspecified atom stereocenters. The van der Waals surface area contributed by atoms with Gasteiger partial charge in [-0.15, -0.1) is 0 Å². The molecule has 1 aliphatic heterocycles. The van der Waals surface area contributed by atoms with E-state index in [1.807, 2.05) is 0 Å². The standard InChI is InChI=1S/C11H11F2NO5S/c12-7-2-1-3-8(13)10(7)20(18,19)14-5-6(15)4-9(14)11(16)17/h1-3,6,9,15H,4-5H2,(H,16,17). The zero-order valence-corrected chi connectivity index (χ0v) is 10.8. The lowest BCUT2D eigenvalue weighted by Crippen LogP contribution is -2.41. The number of aliphatic carboxylic acids is 1. The van der Waals surface area contributed by atoms with Gasteiger partial charge in [-0.05, 0) is 12.1 Å². The van der Waals surface area contributed by atoms with E-state index in [0.29, 0.717) is 4.31 Å². The van der Waals surface area contributed by atoms with E-state index >= 15 is 0 Å². The van der Waals surface area contributed by atoms with Gasteiger partial charge in [0.2, 0.25) is 10.0 Å². The van der Waals surface area contributed by atoms with Gasteiger partial charge in [0.05, 0.1) is 6.10 Å². The second kappa shape index (κ2) is 5.08. The number of nitrogens with zero attached hydrogens (tertiary/aromatic N) is 1. The third-order valence-corrected chi connectivity index (χ3v) is 4.93. The molecule has 1 saturated heterocycles. The Hall–Kier alpha value is -1.58. The second-order valence-corrected chi connectivity index (χ2v) is 6.20. The van der Waals surface area contributed by atoms with Crippen LogP contribution in [0.4, 0.5) is 8.78 Å². The number of benzene rings is 1. The van der Waals surface area contributed by atoms with Crippen molar-refractivity contribution in [3.05, 3.63) is 29.8 Å². The molecule has 1 heterocycles. The van der Waals surface area contributed by atoms with Crippen LogP contribution in [0.2, 0.25) is 0 Å². The van der Waals surface area contributed by atoms with Gasteiger partial charge < -0.3 is 10.2 Å². The van der Waals surface area contributed by atoms with Gasteiger partial charge in [0, 0.05) is 13.0 Å². The number of carboxylic acids is 1. The molecule has 6 nitrogen and oxygen atoms in total. The van der Waals surface area contributed by atoms with Crippen molar-refractivity contribution >= 4 is 16.0 Å². The van der Waals surface area contributed by atoms with Crippen molar-refractivity contribution in [2.45, 2.75) is 23.5 Å². The summed E-state index contributed by atoms with van der Waals surface area (Å²) in [5.74, 6) is -4.10. The lowest BCUT2D eigenvalue weighted by molar-refractivity contribution is -0.140. The molecule has 2 atom stereocenters. The Morgan fingerprint density at radius 2 is 1.85 bits per heavy atom. The average Bonchev–Trinajstić information content (AvgIpc) is 2.71. The van der Waals surface area contributed by atoms with Gasteiger partial charge in [0.25, 0.3) is 0 Å². The van der Waals surface area contributed by atoms with Crippen LogP contribution in [0.5, 0.6) is 0 Å². The van der Waals surface area contributed by atoms with Crippen molar-refractivity contribution in [2.24, 2.45) is 0 Å². The van der Waals surface area contributed by atoms with Crippen molar-refractivity contribution in [3.8, 4) is 0 Å². The van der Waals surface area contributed by atoms with Crippen LogP contribution in [0.3, 0.4) is 0 Å². The summed E-state index contributed by atoms with van der Waals surface area (Å²) in [6.45, 7) is -0.521. The molecule has 2 rings (SSSR count). The predicted octanol–water partition coefficient (Wildman–Crippen LogP) is 0.173. The van der Waals surface area contributed by atoms with Crippen LogP contribution in [0, 0.1) is 11.6 Å². The molecular formula is C11H11F2NO5S. The minimum Gasteiger partial charge on any atom is -0.480 e. The first-order valence-corrected chi connectivity index (χ1v) is 7.06. The molecule has 1 fully saturated rings. The molecule has 1 aliphatic rings. The van der Waals surface area contributed by atoms with Gasteiger partial charge in [-0.2, -0.15) is 4.31 Å². The first-order valence-electron chi connectivity index (χ1n) is 5.62. The fraction of sp³-hybridized carbons (Fsp3) is 0.364. The number of aliphatic hydroxyl groups is 1. The highest BCUT2D eigenvalue weighted by molar-refractivity contribution is 7.89. The van der Waals surface area contributed by atoms with E-state index in [9.17, 15) is 27.1 Å². The molecule has 0 bridgehead atoms. The molecule has 9 heteroatoms. The highest BCUT2D eigenvalue weighted by Gasteiger charge is 2.45. The maximum absolute atomic E-state index is 13.6. The molecule has 20 heavy (non-hydrogen) atoms. The Labute approximate surface area is 113 Å². The Morgan fingerprint density at radius 3 is 2.35 bits per heavy atom. The topological polar surface area (TPSA) is 94.9 Å². The fourth-order valence-electron chi connectivity index (χ4n) is 2.12. The Morgan fingerprint density at radius 1 is 1.30 bits per heavy atom. The Kier molecular flexibility index (Phi) is 3.76. The van der Waals surface area contributed by atoms with E-state index in [1.54, 1.807) is 0 Å². The van der Waals surface area contributed by atoms with Crippen LogP contribution in [0.1, 0.15) is 6.42 Å². The van der Waals surface area contributed by atoms with Crippen molar-refractivity contribution < 1.29 is 32.2 Å². The van der Waals surface area contributed by atoms with Crippen LogP contribution < -0.4 is 0 Å². The van der Waals surface area contributed by atoms with Crippen molar-refractivity contribution in [3.63, 3.8) is 0 Å². The molecule has 2 N–H and O–H groups in total. The Bertz CT molecular complexity index is 628. The average molecular weight is 307 g/mol. The maximum Gasteiger partial charge on any atom is 0.322 e. The zero-order valence-electron chi connectivity index (χ0n) is 10.0. The second-order valence-electron chi connectivity index (χ2n) is 4.37. The number of carbonyl (C=O) groups is 1. The first kappa shape index (κ1) is 14.8. The minimum absolute atomic E-state index is 0.329. The number of β-amino-alcohol motifs (C(OH)–C–C–N with tert-alkyl or cyclic N) is 1. The number of rotatable bonds is 3. The van der Waals surface area contributed by atoms with Gasteiger partial charge in [-0.25, -0.2) is 17.2 Å². The predicted molar refractivity (Wildman–Crippen MR) is 62.3 cm³/mol. The van der Waals surface area contributed by atoms with E-state index in [2.05, 4.69) is 0 Å². The third kappa shape index (κ3) is 2.39. The molecule has 0 aromatic heterocycles. The highest BCUT2D eigenvalue weighted by atomic mass is 32.2. The first-order chi connectivity index (χ1) is 9.25. The number of carboxylic acid groups (broad SMARTS) is 1. The molecule has 1 aromatic rings.